The summed E-state index contributed by atoms with van der Waals surface area (Å²) in [5, 5.41) is 0. The van der Waals surface area contributed by atoms with Crippen LogP contribution in [0.2, 0.25) is 0 Å². The highest BCUT2D eigenvalue weighted by Crippen LogP contribution is 2.10. The largest absolute Gasteiger partial charge is 0.368 e. The predicted octanol–water partition coefficient (Wildman–Crippen LogP) is 0.802. The number of benzene rings is 1. The Bertz CT molecular complexity index is 460. The lowest BCUT2D eigenvalue weighted by Gasteiger charge is -2.21. The van der Waals surface area contributed by atoms with Crippen LogP contribution in [0.25, 0.3) is 0 Å². The first-order chi connectivity index (χ1) is 9.58. The van der Waals surface area contributed by atoms with Gasteiger partial charge in [-0.1, -0.05) is 37.6 Å². The van der Waals surface area contributed by atoms with Gasteiger partial charge in [0, 0.05) is 13.1 Å². The van der Waals surface area contributed by atoms with Gasteiger partial charge in [-0.15, -0.1) is 0 Å². The normalized spacial score (nSPS) is 10.3. The molecule has 20 heavy (non-hydrogen) atoms. The number of hydrogen-bond acceptors (Lipinski definition) is 3. The highest BCUT2D eigenvalue weighted by molar-refractivity contribution is 5.85. The van der Waals surface area contributed by atoms with E-state index in [0.29, 0.717) is 13.1 Å². The summed E-state index contributed by atoms with van der Waals surface area (Å²) in [6.07, 6.45) is 2.07. The Balaban J connectivity index is 2.76. The molecule has 1 aromatic rings. The van der Waals surface area contributed by atoms with E-state index in [1.54, 1.807) is 0 Å². The zero-order valence-electron chi connectivity index (χ0n) is 12.0. The van der Waals surface area contributed by atoms with Gasteiger partial charge in [0.2, 0.25) is 11.8 Å². The Hall–Kier alpha value is -1.88. The minimum atomic E-state index is -0.485. The van der Waals surface area contributed by atoms with Gasteiger partial charge in [-0.3, -0.25) is 9.59 Å². The molecule has 0 fully saturated rings. The Morgan fingerprint density at radius 3 is 2.40 bits per heavy atom. The molecule has 0 saturated carbocycles. The van der Waals surface area contributed by atoms with Crippen LogP contribution >= 0.6 is 0 Å². The van der Waals surface area contributed by atoms with Gasteiger partial charge in [0.1, 0.15) is 0 Å². The van der Waals surface area contributed by atoms with E-state index in [1.807, 2.05) is 31.2 Å². The van der Waals surface area contributed by atoms with Crippen LogP contribution in [0.5, 0.6) is 0 Å². The molecule has 110 valence electrons. The SMILES string of the molecule is CCCCN(CC(N)=O)C(=O)Cc1ccccc1CN. The molecule has 4 N–H and O–H groups in total. The van der Waals surface area contributed by atoms with E-state index in [9.17, 15) is 9.59 Å². The van der Waals surface area contributed by atoms with Crippen LogP contribution in [0, 0.1) is 0 Å². The molecule has 0 heterocycles. The summed E-state index contributed by atoms with van der Waals surface area (Å²) in [6.45, 7) is 2.97. The van der Waals surface area contributed by atoms with E-state index in [-0.39, 0.29) is 18.9 Å². The monoisotopic (exact) mass is 277 g/mol. The molecule has 0 aliphatic carbocycles. The van der Waals surface area contributed by atoms with Gasteiger partial charge >= 0.3 is 0 Å². The van der Waals surface area contributed by atoms with Crippen molar-refractivity contribution in [2.45, 2.75) is 32.7 Å². The van der Waals surface area contributed by atoms with Crippen molar-refractivity contribution in [3.8, 4) is 0 Å². The van der Waals surface area contributed by atoms with Crippen molar-refractivity contribution in [2.75, 3.05) is 13.1 Å². The molecule has 2 amide bonds. The molecule has 0 unspecified atom stereocenters. The van der Waals surface area contributed by atoms with Crippen LogP contribution in [-0.2, 0) is 22.6 Å². The van der Waals surface area contributed by atoms with E-state index in [0.717, 1.165) is 24.0 Å². The minimum Gasteiger partial charge on any atom is -0.368 e. The third kappa shape index (κ3) is 5.01. The van der Waals surface area contributed by atoms with Crippen LogP contribution < -0.4 is 11.5 Å². The van der Waals surface area contributed by atoms with Crippen LogP contribution in [0.4, 0.5) is 0 Å². The van der Waals surface area contributed by atoms with Crippen molar-refractivity contribution in [1.29, 1.82) is 0 Å². The molecule has 0 aromatic heterocycles. The average molecular weight is 277 g/mol. The summed E-state index contributed by atoms with van der Waals surface area (Å²) in [7, 11) is 0. The zero-order chi connectivity index (χ0) is 15.0. The third-order valence-corrected chi connectivity index (χ3v) is 3.16. The van der Waals surface area contributed by atoms with E-state index in [2.05, 4.69) is 0 Å². The molecule has 0 aliphatic heterocycles. The number of nitrogens with zero attached hydrogens (tertiary/aromatic N) is 1. The van der Waals surface area contributed by atoms with Crippen molar-refractivity contribution >= 4 is 11.8 Å². The van der Waals surface area contributed by atoms with Gasteiger partial charge in [-0.25, -0.2) is 0 Å². The number of nitrogens with two attached hydrogens (primary N) is 2. The van der Waals surface area contributed by atoms with Gasteiger partial charge in [0.15, 0.2) is 0 Å². The highest BCUT2D eigenvalue weighted by atomic mass is 16.2. The van der Waals surface area contributed by atoms with Crippen molar-refractivity contribution in [3.63, 3.8) is 0 Å². The smallest absolute Gasteiger partial charge is 0.237 e. The molecule has 1 rings (SSSR count). The third-order valence-electron chi connectivity index (χ3n) is 3.16. The molecular formula is C15H23N3O2. The lowest BCUT2D eigenvalue weighted by molar-refractivity contribution is -0.134. The number of primary amides is 1. The predicted molar refractivity (Wildman–Crippen MR) is 78.7 cm³/mol. The standard InChI is InChI=1S/C15H23N3O2/c1-2-3-8-18(11-14(17)19)15(20)9-12-6-4-5-7-13(12)10-16/h4-7H,2-3,8-11,16H2,1H3,(H2,17,19). The molecule has 0 spiro atoms. The van der Waals surface area contributed by atoms with Crippen molar-refractivity contribution < 1.29 is 9.59 Å². The molecule has 0 saturated heterocycles. The Morgan fingerprint density at radius 2 is 1.85 bits per heavy atom. The number of carbonyl (C=O) groups is 2. The number of carbonyl (C=O) groups excluding carboxylic acids is 2. The van der Waals surface area contributed by atoms with Crippen LogP contribution in [0.15, 0.2) is 24.3 Å². The maximum absolute atomic E-state index is 12.3. The zero-order valence-corrected chi connectivity index (χ0v) is 12.0. The number of unbranched alkanes of at least 4 members (excludes halogenated alkanes) is 1. The summed E-state index contributed by atoms with van der Waals surface area (Å²) in [5.74, 6) is -0.570. The van der Waals surface area contributed by atoms with Gasteiger partial charge in [-0.2, -0.15) is 0 Å². The minimum absolute atomic E-state index is 0.0242. The first kappa shape index (κ1) is 16.2. The highest BCUT2D eigenvalue weighted by Gasteiger charge is 2.16. The van der Waals surface area contributed by atoms with Gasteiger partial charge in [0.05, 0.1) is 13.0 Å². The Labute approximate surface area is 119 Å². The van der Waals surface area contributed by atoms with Crippen molar-refractivity contribution in [3.05, 3.63) is 35.4 Å². The molecule has 5 nitrogen and oxygen atoms in total. The lowest BCUT2D eigenvalue weighted by Crippen LogP contribution is -2.40. The maximum atomic E-state index is 12.3. The lowest BCUT2D eigenvalue weighted by atomic mass is 10.0. The van der Waals surface area contributed by atoms with E-state index in [1.165, 1.54) is 4.90 Å². The number of amides is 2. The average Bonchev–Trinajstić information content (AvgIpc) is 2.43. The molecular weight excluding hydrogens is 254 g/mol. The first-order valence-corrected chi connectivity index (χ1v) is 6.91. The maximum Gasteiger partial charge on any atom is 0.237 e. The van der Waals surface area contributed by atoms with Gasteiger partial charge in [0.25, 0.3) is 0 Å². The summed E-state index contributed by atoms with van der Waals surface area (Å²) < 4.78 is 0. The van der Waals surface area contributed by atoms with Crippen LogP contribution in [0.3, 0.4) is 0 Å². The molecule has 0 atom stereocenters. The van der Waals surface area contributed by atoms with Crippen molar-refractivity contribution in [2.24, 2.45) is 11.5 Å². The molecule has 0 radical (unpaired) electrons. The van der Waals surface area contributed by atoms with E-state index >= 15 is 0 Å². The van der Waals surface area contributed by atoms with E-state index < -0.39 is 5.91 Å². The summed E-state index contributed by atoms with van der Waals surface area (Å²) in [4.78, 5) is 24.9. The fourth-order valence-corrected chi connectivity index (χ4v) is 2.03. The topological polar surface area (TPSA) is 89.4 Å². The Morgan fingerprint density at radius 1 is 1.20 bits per heavy atom. The summed E-state index contributed by atoms with van der Waals surface area (Å²) >= 11 is 0. The summed E-state index contributed by atoms with van der Waals surface area (Å²) in [5.41, 5.74) is 12.7. The fraction of sp³-hybridized carbons (Fsp3) is 0.467. The second-order valence-electron chi connectivity index (χ2n) is 4.78. The molecule has 0 bridgehead atoms. The quantitative estimate of drug-likeness (QED) is 0.736. The summed E-state index contributed by atoms with van der Waals surface area (Å²) in [6, 6.07) is 7.58. The Kier molecular flexibility index (Phi) is 6.73. The van der Waals surface area contributed by atoms with Crippen molar-refractivity contribution in [1.82, 2.24) is 4.90 Å². The second-order valence-corrected chi connectivity index (χ2v) is 4.78. The molecule has 5 heteroatoms. The van der Waals surface area contributed by atoms with Crippen LogP contribution in [0.1, 0.15) is 30.9 Å². The van der Waals surface area contributed by atoms with Gasteiger partial charge in [-0.05, 0) is 17.5 Å². The number of hydrogen-bond donors (Lipinski definition) is 2. The number of rotatable bonds is 8. The van der Waals surface area contributed by atoms with Crippen LogP contribution in [-0.4, -0.2) is 29.8 Å². The molecule has 0 aliphatic rings. The second kappa shape index (κ2) is 8.32. The van der Waals surface area contributed by atoms with E-state index in [4.69, 9.17) is 11.5 Å². The first-order valence-electron chi connectivity index (χ1n) is 6.91. The fourth-order valence-electron chi connectivity index (χ4n) is 2.03. The van der Waals surface area contributed by atoms with Gasteiger partial charge < -0.3 is 16.4 Å². The molecule has 1 aromatic carbocycles.